The first-order valence-corrected chi connectivity index (χ1v) is 7.30. The van der Waals surface area contributed by atoms with Crippen molar-refractivity contribution >= 4 is 23.0 Å². The Morgan fingerprint density at radius 3 is 2.45 bits per heavy atom. The summed E-state index contributed by atoms with van der Waals surface area (Å²) in [5.74, 6) is -1.54. The summed E-state index contributed by atoms with van der Waals surface area (Å²) in [5.41, 5.74) is 0.683. The number of carboxylic acids is 1. The molecule has 1 aromatic heterocycles. The van der Waals surface area contributed by atoms with E-state index in [0.29, 0.717) is 17.5 Å². The Balaban J connectivity index is 2.57. The van der Waals surface area contributed by atoms with Crippen LogP contribution in [0.2, 0.25) is 0 Å². The fourth-order valence-electron chi connectivity index (χ4n) is 2.47. The molecule has 2 aromatic rings. The molecule has 0 saturated heterocycles. The topological polar surface area (TPSA) is 68.5 Å². The summed E-state index contributed by atoms with van der Waals surface area (Å²) in [6.45, 7) is 7.20. The summed E-state index contributed by atoms with van der Waals surface area (Å²) >= 11 is 0. The molecule has 0 aliphatic rings. The molecule has 1 heterocycles. The second kappa shape index (κ2) is 5.83. The Kier molecular flexibility index (Phi) is 4.26. The molecule has 5 heteroatoms. The molecule has 0 saturated carbocycles. The second-order valence-corrected chi connectivity index (χ2v) is 6.25. The number of aromatic nitrogens is 1. The SMILES string of the molecule is CCC(C(=O)O)c1cn(C(=O)OC(C)(C)C)c2ccccc12. The first kappa shape index (κ1) is 16.1. The van der Waals surface area contributed by atoms with Crippen LogP contribution in [0.4, 0.5) is 4.79 Å². The van der Waals surface area contributed by atoms with Gasteiger partial charge in [0.2, 0.25) is 0 Å². The normalized spacial score (nSPS) is 13.1. The van der Waals surface area contributed by atoms with Crippen LogP contribution in [-0.4, -0.2) is 27.3 Å². The minimum Gasteiger partial charge on any atom is -0.481 e. The second-order valence-electron chi connectivity index (χ2n) is 6.25. The van der Waals surface area contributed by atoms with Gasteiger partial charge in [-0.05, 0) is 38.8 Å². The summed E-state index contributed by atoms with van der Waals surface area (Å²) in [7, 11) is 0. The van der Waals surface area contributed by atoms with E-state index in [9.17, 15) is 14.7 Å². The van der Waals surface area contributed by atoms with Crippen molar-refractivity contribution in [1.82, 2.24) is 4.57 Å². The van der Waals surface area contributed by atoms with Gasteiger partial charge in [0.1, 0.15) is 5.60 Å². The van der Waals surface area contributed by atoms with Crippen LogP contribution >= 0.6 is 0 Å². The van der Waals surface area contributed by atoms with Crippen molar-refractivity contribution in [3.63, 3.8) is 0 Å². The average Bonchev–Trinajstić information content (AvgIpc) is 2.77. The van der Waals surface area contributed by atoms with E-state index >= 15 is 0 Å². The predicted molar refractivity (Wildman–Crippen MR) is 84.2 cm³/mol. The zero-order valence-electron chi connectivity index (χ0n) is 13.3. The lowest BCUT2D eigenvalue weighted by Crippen LogP contribution is -2.26. The lowest BCUT2D eigenvalue weighted by atomic mass is 9.96. The van der Waals surface area contributed by atoms with Crippen LogP contribution in [0.25, 0.3) is 10.9 Å². The summed E-state index contributed by atoms with van der Waals surface area (Å²) in [5, 5.41) is 10.2. The summed E-state index contributed by atoms with van der Waals surface area (Å²) in [6.07, 6.45) is 1.54. The molecule has 0 amide bonds. The van der Waals surface area contributed by atoms with Crippen LogP contribution in [0, 0.1) is 0 Å². The predicted octanol–water partition coefficient (Wildman–Crippen LogP) is 4.00. The number of ether oxygens (including phenoxy) is 1. The van der Waals surface area contributed by atoms with Gasteiger partial charge < -0.3 is 9.84 Å². The number of benzene rings is 1. The maximum Gasteiger partial charge on any atom is 0.419 e. The Bertz CT molecular complexity index is 709. The van der Waals surface area contributed by atoms with E-state index in [1.165, 1.54) is 4.57 Å². The molecular weight excluding hydrogens is 282 g/mol. The Morgan fingerprint density at radius 1 is 1.27 bits per heavy atom. The molecule has 0 bridgehead atoms. The number of carbonyl (C=O) groups is 2. The van der Waals surface area contributed by atoms with Crippen molar-refractivity contribution in [2.75, 3.05) is 0 Å². The molecule has 0 aliphatic carbocycles. The molecule has 0 aliphatic heterocycles. The highest BCUT2D eigenvalue weighted by molar-refractivity contribution is 5.95. The number of hydrogen-bond acceptors (Lipinski definition) is 3. The van der Waals surface area contributed by atoms with E-state index in [4.69, 9.17) is 4.74 Å². The van der Waals surface area contributed by atoms with E-state index in [1.54, 1.807) is 33.0 Å². The lowest BCUT2D eigenvalue weighted by molar-refractivity contribution is -0.138. The van der Waals surface area contributed by atoms with E-state index in [0.717, 1.165) is 5.39 Å². The Morgan fingerprint density at radius 2 is 1.91 bits per heavy atom. The number of carbonyl (C=O) groups excluding carboxylic acids is 1. The third-order valence-corrected chi connectivity index (χ3v) is 3.41. The molecule has 0 radical (unpaired) electrons. The van der Waals surface area contributed by atoms with Crippen molar-refractivity contribution in [3.8, 4) is 0 Å². The van der Waals surface area contributed by atoms with Crippen LogP contribution in [-0.2, 0) is 9.53 Å². The third-order valence-electron chi connectivity index (χ3n) is 3.41. The minimum absolute atomic E-state index is 0.456. The summed E-state index contributed by atoms with van der Waals surface area (Å²) < 4.78 is 6.79. The van der Waals surface area contributed by atoms with Gasteiger partial charge in [0.25, 0.3) is 0 Å². The van der Waals surface area contributed by atoms with Gasteiger partial charge in [-0.3, -0.25) is 9.36 Å². The van der Waals surface area contributed by atoms with Crippen molar-refractivity contribution < 1.29 is 19.4 Å². The molecule has 5 nitrogen and oxygen atoms in total. The molecule has 1 aromatic carbocycles. The highest BCUT2D eigenvalue weighted by Crippen LogP contribution is 2.30. The third kappa shape index (κ3) is 3.13. The van der Waals surface area contributed by atoms with Crippen molar-refractivity contribution in [2.24, 2.45) is 0 Å². The zero-order valence-corrected chi connectivity index (χ0v) is 13.3. The number of nitrogens with zero attached hydrogens (tertiary/aromatic N) is 1. The maximum atomic E-state index is 12.4. The fourth-order valence-corrected chi connectivity index (χ4v) is 2.47. The molecule has 118 valence electrons. The van der Waals surface area contributed by atoms with Crippen molar-refractivity contribution in [1.29, 1.82) is 0 Å². The first-order valence-electron chi connectivity index (χ1n) is 7.30. The van der Waals surface area contributed by atoms with E-state index in [2.05, 4.69) is 0 Å². The number of hydrogen-bond donors (Lipinski definition) is 1. The van der Waals surface area contributed by atoms with Crippen LogP contribution < -0.4 is 0 Å². The van der Waals surface area contributed by atoms with Gasteiger partial charge in [-0.2, -0.15) is 0 Å². The van der Waals surface area contributed by atoms with Gasteiger partial charge in [-0.15, -0.1) is 0 Å². The van der Waals surface area contributed by atoms with Crippen LogP contribution in [0.3, 0.4) is 0 Å². The average molecular weight is 303 g/mol. The van der Waals surface area contributed by atoms with Crippen molar-refractivity contribution in [3.05, 3.63) is 36.0 Å². The maximum absolute atomic E-state index is 12.4. The number of aliphatic carboxylic acids is 1. The van der Waals surface area contributed by atoms with Gasteiger partial charge in [0.15, 0.2) is 0 Å². The molecule has 1 N–H and O–H groups in total. The zero-order chi connectivity index (χ0) is 16.5. The van der Waals surface area contributed by atoms with Gasteiger partial charge in [-0.1, -0.05) is 25.1 Å². The van der Waals surface area contributed by atoms with E-state index in [-0.39, 0.29) is 0 Å². The summed E-state index contributed by atoms with van der Waals surface area (Å²) in [4.78, 5) is 23.8. The van der Waals surface area contributed by atoms with Crippen LogP contribution in [0.15, 0.2) is 30.5 Å². The van der Waals surface area contributed by atoms with Gasteiger partial charge in [0.05, 0.1) is 11.4 Å². The highest BCUT2D eigenvalue weighted by atomic mass is 16.6. The monoisotopic (exact) mass is 303 g/mol. The van der Waals surface area contributed by atoms with Crippen LogP contribution in [0.1, 0.15) is 45.6 Å². The number of rotatable bonds is 3. The molecule has 1 atom stereocenters. The van der Waals surface area contributed by atoms with Gasteiger partial charge in [-0.25, -0.2) is 4.79 Å². The molecule has 2 rings (SSSR count). The molecule has 1 unspecified atom stereocenters. The lowest BCUT2D eigenvalue weighted by Gasteiger charge is -2.19. The van der Waals surface area contributed by atoms with Gasteiger partial charge >= 0.3 is 12.1 Å². The van der Waals surface area contributed by atoms with Crippen LogP contribution in [0.5, 0.6) is 0 Å². The highest BCUT2D eigenvalue weighted by Gasteiger charge is 2.26. The molecule has 22 heavy (non-hydrogen) atoms. The minimum atomic E-state index is -0.894. The standard InChI is InChI=1S/C17H21NO4/c1-5-11(15(19)20)13-10-18(16(21)22-17(2,3)4)14-9-7-6-8-12(13)14/h6-11H,5H2,1-4H3,(H,19,20). The molecular formula is C17H21NO4. The number of carboxylic acid groups (broad SMARTS) is 1. The van der Waals surface area contributed by atoms with Gasteiger partial charge in [0, 0.05) is 11.6 Å². The Hall–Kier alpha value is -2.30. The Labute approximate surface area is 129 Å². The van der Waals surface area contributed by atoms with E-state index in [1.807, 2.05) is 25.1 Å². The smallest absolute Gasteiger partial charge is 0.419 e. The quantitative estimate of drug-likeness (QED) is 0.930. The summed E-state index contributed by atoms with van der Waals surface area (Å²) in [6, 6.07) is 7.27. The fraction of sp³-hybridized carbons (Fsp3) is 0.412. The largest absolute Gasteiger partial charge is 0.481 e. The first-order chi connectivity index (χ1) is 10.2. The van der Waals surface area contributed by atoms with Crippen molar-refractivity contribution in [2.45, 2.75) is 45.6 Å². The van der Waals surface area contributed by atoms with E-state index < -0.39 is 23.6 Å². The number of para-hydroxylation sites is 1. The molecule has 0 spiro atoms. The number of fused-ring (bicyclic) bond motifs is 1. The molecule has 0 fully saturated rings.